The fraction of sp³-hybridized carbons (Fsp3) is 0.200. The molecule has 434 valence electrons. The van der Waals surface area contributed by atoms with Crippen molar-refractivity contribution in [3.05, 3.63) is 223 Å². The Labute approximate surface area is 490 Å². The molecule has 0 atom stereocenters. The molecular weight excluding hydrogens is 1120 g/mol. The van der Waals surface area contributed by atoms with E-state index in [1.165, 1.54) is 32.0 Å². The van der Waals surface area contributed by atoms with Crippen LogP contribution in [0.25, 0.3) is 43.4 Å². The molecule has 19 heteroatoms. The number of sulfone groups is 2. The van der Waals surface area contributed by atoms with Crippen LogP contribution in [-0.2, 0) is 51.8 Å². The first-order valence-electron chi connectivity index (χ1n) is 27.4. The molecule has 84 heavy (non-hydrogen) atoms. The summed E-state index contributed by atoms with van der Waals surface area (Å²) in [5.41, 5.74) is 8.80. The van der Waals surface area contributed by atoms with E-state index in [0.717, 1.165) is 46.2 Å². The van der Waals surface area contributed by atoms with E-state index < -0.39 is 29.8 Å². The Morgan fingerprint density at radius 2 is 0.940 bits per heavy atom. The van der Waals surface area contributed by atoms with Crippen LogP contribution >= 0.6 is 0 Å². The van der Waals surface area contributed by atoms with E-state index in [1.807, 2.05) is 135 Å². The second-order valence-corrected chi connectivity index (χ2v) is 24.7. The highest BCUT2D eigenvalue weighted by Gasteiger charge is 2.30. The van der Waals surface area contributed by atoms with E-state index in [2.05, 4.69) is 21.2 Å². The third-order valence-electron chi connectivity index (χ3n) is 13.7. The van der Waals surface area contributed by atoms with Gasteiger partial charge < -0.3 is 25.3 Å². The summed E-state index contributed by atoms with van der Waals surface area (Å²) in [6, 6.07) is 61.8. The summed E-state index contributed by atoms with van der Waals surface area (Å²) in [4.78, 5) is 0.477. The van der Waals surface area contributed by atoms with Crippen molar-refractivity contribution in [2.24, 2.45) is 5.73 Å². The van der Waals surface area contributed by atoms with Gasteiger partial charge in [-0.25, -0.2) is 16.8 Å². The van der Waals surface area contributed by atoms with Gasteiger partial charge in [-0.05, 0) is 116 Å². The smallest absolute Gasteiger partial charge is 0.297 e. The molecule has 2 aromatic heterocycles. The second kappa shape index (κ2) is 27.9. The van der Waals surface area contributed by atoms with Crippen molar-refractivity contribution in [1.29, 1.82) is 0 Å². The number of hydrogen-bond donors (Lipinski definition) is 2. The molecule has 0 saturated carbocycles. The van der Waals surface area contributed by atoms with Gasteiger partial charge in [0.25, 0.3) is 10.1 Å². The lowest BCUT2D eigenvalue weighted by Crippen LogP contribution is -2.15. The minimum absolute atomic E-state index is 0.0360. The fourth-order valence-corrected chi connectivity index (χ4v) is 13.6. The van der Waals surface area contributed by atoms with Crippen LogP contribution in [0.4, 0.5) is 0 Å². The molecule has 1 fully saturated rings. The molecule has 1 aliphatic heterocycles. The van der Waals surface area contributed by atoms with Gasteiger partial charge in [0.05, 0.1) is 38.8 Å². The van der Waals surface area contributed by atoms with Gasteiger partial charge in [-0.3, -0.25) is 13.5 Å². The lowest BCUT2D eigenvalue weighted by molar-refractivity contribution is 0.198. The zero-order valence-electron chi connectivity index (χ0n) is 46.9. The Bertz CT molecular complexity index is 4330. The number of hydrogen-bond acceptors (Lipinski definition) is 14. The largest absolute Gasteiger partial charge is 0.492 e. The molecule has 0 amide bonds. The maximum atomic E-state index is 14.2. The first-order valence-corrected chi connectivity index (χ1v) is 31.7. The summed E-state index contributed by atoms with van der Waals surface area (Å²) in [6.45, 7) is 5.57. The van der Waals surface area contributed by atoms with Gasteiger partial charge in [-0.2, -0.15) is 18.6 Å². The summed E-state index contributed by atoms with van der Waals surface area (Å²) in [7, 11) is -8.54. The monoisotopic (exact) mass is 1190 g/mol. The molecule has 0 bridgehead atoms. The Kier molecular flexibility index (Phi) is 20.0. The third-order valence-corrected chi connectivity index (χ3v) is 18.5. The van der Waals surface area contributed by atoms with Gasteiger partial charge in [-0.1, -0.05) is 151 Å². The van der Waals surface area contributed by atoms with Crippen molar-refractivity contribution >= 4 is 73.1 Å². The molecule has 16 nitrogen and oxygen atoms in total. The van der Waals surface area contributed by atoms with Crippen LogP contribution in [0.15, 0.2) is 231 Å². The van der Waals surface area contributed by atoms with E-state index in [1.54, 1.807) is 82.2 Å². The number of aryl methyl sites for hydroxylation is 1. The number of fused-ring (bicyclic) bond motifs is 4. The normalized spacial score (nSPS) is 12.5. The van der Waals surface area contributed by atoms with Crippen molar-refractivity contribution in [3.63, 3.8) is 0 Å². The van der Waals surface area contributed by atoms with E-state index in [0.29, 0.717) is 64.8 Å². The molecule has 9 aromatic carbocycles. The van der Waals surface area contributed by atoms with Crippen LogP contribution < -0.4 is 20.5 Å². The summed E-state index contributed by atoms with van der Waals surface area (Å²) in [6.07, 6.45) is 2.56. The highest BCUT2D eigenvalue weighted by atomic mass is 32.2. The van der Waals surface area contributed by atoms with Gasteiger partial charge in [0.2, 0.25) is 19.7 Å². The Morgan fingerprint density at radius 3 is 1.39 bits per heavy atom. The van der Waals surface area contributed by atoms with Crippen LogP contribution in [0.5, 0.6) is 11.5 Å². The van der Waals surface area contributed by atoms with Crippen LogP contribution in [0.3, 0.4) is 0 Å². The van der Waals surface area contributed by atoms with Crippen molar-refractivity contribution in [3.8, 4) is 11.5 Å². The maximum absolute atomic E-state index is 14.2. The zero-order chi connectivity index (χ0) is 59.1. The number of nitrogens with one attached hydrogen (secondary N) is 1. The van der Waals surface area contributed by atoms with E-state index in [-0.39, 0.29) is 38.0 Å². The summed E-state index contributed by atoms with van der Waals surface area (Å²) < 4.78 is 106. The number of nitrogens with two attached hydrogens (primary N) is 1. The van der Waals surface area contributed by atoms with Gasteiger partial charge in [0.1, 0.15) is 31.3 Å². The minimum atomic E-state index is -4.05. The Hall–Kier alpha value is -8.27. The average molecular weight is 1190 g/mol. The highest BCUT2D eigenvalue weighted by molar-refractivity contribution is 7.92. The fourth-order valence-electron chi connectivity index (χ4n) is 9.51. The summed E-state index contributed by atoms with van der Waals surface area (Å²) in [5, 5.41) is 16.2. The van der Waals surface area contributed by atoms with Crippen molar-refractivity contribution < 1.29 is 43.6 Å². The summed E-state index contributed by atoms with van der Waals surface area (Å²) in [5.74, 6) is 0.967. The molecule has 1 saturated heterocycles. The van der Waals surface area contributed by atoms with Gasteiger partial charge in [0, 0.05) is 41.3 Å². The third kappa shape index (κ3) is 14.2. The topological polar surface area (TPSA) is 213 Å². The molecular formula is C65H66N6O10S3. The predicted octanol–water partition coefficient (Wildman–Crippen LogP) is 11.2. The maximum Gasteiger partial charge on any atom is 0.297 e. The number of benzene rings is 9. The van der Waals surface area contributed by atoms with Crippen LogP contribution in [0.2, 0.25) is 0 Å². The summed E-state index contributed by atoms with van der Waals surface area (Å²) >= 11 is 0. The quantitative estimate of drug-likeness (QED) is 0.0604. The SMILES string of the molecule is C1CCOC1.CN.CNCCOc1ccc2c(c1)c(S(=O)(=O)c1cccc3ccccc13)nn2Cc1ccccc1.Cc1ccc(S(=O)(=O)OCCOc2ccc3c(c2)c(S(=O)(=O)c2cccc4ccccc24)nn3Cc2ccccc2)cc1. The van der Waals surface area contributed by atoms with Crippen LogP contribution in [-0.4, -0.2) is 98.5 Å². The molecule has 1 aliphatic rings. The Morgan fingerprint density at radius 1 is 0.500 bits per heavy atom. The molecule has 0 unspecified atom stereocenters. The van der Waals surface area contributed by atoms with Crippen LogP contribution in [0, 0.1) is 6.92 Å². The molecule has 0 aliphatic carbocycles. The minimum Gasteiger partial charge on any atom is -0.492 e. The van der Waals surface area contributed by atoms with Crippen molar-refractivity contribution in [2.75, 3.05) is 53.7 Å². The molecule has 3 N–H and O–H groups in total. The molecule has 12 rings (SSSR count). The number of rotatable bonds is 18. The Balaban J connectivity index is 0.000000185. The highest BCUT2D eigenvalue weighted by Crippen LogP contribution is 2.36. The number of aromatic nitrogens is 4. The number of likely N-dealkylation sites (N-methyl/N-ethyl adjacent to an activating group) is 1. The standard InChI is InChI=1S/C33H28N2O6S2.C27H25N3O3S.C4H8O.CH5N/c1-24-14-17-28(18-15-24)43(38,39)41-21-20-40-27-16-19-31-30(22-27)33(34-35(31)23-25-8-3-2-4-9-25)42(36,37)32-13-7-11-26-10-5-6-12-29(26)32;1-28-16-17-33-22-14-15-25-24(18-22)27(29-30(25)19-20-8-3-2-4-9-20)34(31,32)26-13-7-11-21-10-5-6-12-23(21)26;1-2-4-5-3-1;1-2/h2-19,22H,20-21,23H2,1H3;2-15,18,28H,16-17,19H2,1H3;1-4H2;2H2,1H3. The lowest BCUT2D eigenvalue weighted by atomic mass is 10.1. The second-order valence-electron chi connectivity index (χ2n) is 19.4. The van der Waals surface area contributed by atoms with Gasteiger partial charge in [0.15, 0.2) is 10.1 Å². The first-order chi connectivity index (χ1) is 40.8. The van der Waals surface area contributed by atoms with Gasteiger partial charge >= 0.3 is 0 Å². The molecule has 11 aromatic rings. The van der Waals surface area contributed by atoms with E-state index in [4.69, 9.17) is 18.4 Å². The van der Waals surface area contributed by atoms with Gasteiger partial charge in [-0.15, -0.1) is 0 Å². The molecule has 3 heterocycles. The average Bonchev–Trinajstić information content (AvgIpc) is 1.87. The van der Waals surface area contributed by atoms with E-state index >= 15 is 0 Å². The first kappa shape index (κ1) is 60.3. The molecule has 0 spiro atoms. The zero-order valence-corrected chi connectivity index (χ0v) is 49.3. The molecule has 0 radical (unpaired) electrons. The number of nitrogens with zero attached hydrogens (tertiary/aromatic N) is 4. The predicted molar refractivity (Wildman–Crippen MR) is 329 cm³/mol. The van der Waals surface area contributed by atoms with E-state index in [9.17, 15) is 25.3 Å². The van der Waals surface area contributed by atoms with Crippen molar-refractivity contribution in [2.45, 2.75) is 57.6 Å². The lowest BCUT2D eigenvalue weighted by Gasteiger charge is -2.09. The van der Waals surface area contributed by atoms with Crippen LogP contribution in [0.1, 0.15) is 29.5 Å². The van der Waals surface area contributed by atoms with Crippen molar-refractivity contribution in [1.82, 2.24) is 24.9 Å². The number of ether oxygens (including phenoxy) is 3.